The van der Waals surface area contributed by atoms with Crippen LogP contribution >= 0.6 is 12.6 Å². The second-order valence-electron chi connectivity index (χ2n) is 4.45. The summed E-state index contributed by atoms with van der Waals surface area (Å²) in [5, 5.41) is 2.76. The van der Waals surface area contributed by atoms with Crippen LogP contribution in [0.25, 0.3) is 0 Å². The molecule has 0 radical (unpaired) electrons. The molecular formula is C10H23N2O2S+. The molecule has 0 heterocycles. The number of hydrogen-bond acceptors (Lipinski definition) is 3. The van der Waals surface area contributed by atoms with Gasteiger partial charge in [0.05, 0.1) is 34.4 Å². The number of carbonyl (C=O) groups is 1. The molecule has 0 aromatic heterocycles. The van der Waals surface area contributed by atoms with E-state index in [1.807, 2.05) is 0 Å². The quantitative estimate of drug-likeness (QED) is 0.357. The van der Waals surface area contributed by atoms with Gasteiger partial charge in [-0.15, -0.1) is 0 Å². The van der Waals surface area contributed by atoms with Gasteiger partial charge in [0.15, 0.2) is 0 Å². The zero-order chi connectivity index (χ0) is 11.7. The molecule has 90 valence electrons. The van der Waals surface area contributed by atoms with Crippen molar-refractivity contribution in [3.8, 4) is 0 Å². The van der Waals surface area contributed by atoms with E-state index in [4.69, 9.17) is 4.74 Å². The second-order valence-corrected chi connectivity index (χ2v) is 4.90. The first-order chi connectivity index (χ1) is 6.95. The van der Waals surface area contributed by atoms with Gasteiger partial charge in [-0.3, -0.25) is 4.79 Å². The maximum Gasteiger partial charge on any atom is 0.220 e. The summed E-state index contributed by atoms with van der Waals surface area (Å²) < 4.78 is 6.28. The number of nitrogens with zero attached hydrogens (tertiary/aromatic N) is 1. The number of thiol groups is 1. The fourth-order valence-electron chi connectivity index (χ4n) is 0.893. The van der Waals surface area contributed by atoms with Crippen LogP contribution in [0.4, 0.5) is 0 Å². The van der Waals surface area contributed by atoms with Gasteiger partial charge in [-0.25, -0.2) is 0 Å². The van der Waals surface area contributed by atoms with Crippen molar-refractivity contribution in [1.29, 1.82) is 0 Å². The van der Waals surface area contributed by atoms with E-state index >= 15 is 0 Å². The monoisotopic (exact) mass is 235 g/mol. The molecule has 0 aromatic carbocycles. The highest BCUT2D eigenvalue weighted by atomic mass is 32.1. The van der Waals surface area contributed by atoms with Crippen molar-refractivity contribution in [2.45, 2.75) is 6.42 Å². The lowest BCUT2D eigenvalue weighted by atomic mass is 10.4. The number of nitrogens with one attached hydrogen (secondary N) is 1. The van der Waals surface area contributed by atoms with E-state index in [1.165, 1.54) is 0 Å². The summed E-state index contributed by atoms with van der Waals surface area (Å²) in [5.41, 5.74) is 0. The van der Waals surface area contributed by atoms with Crippen LogP contribution < -0.4 is 5.32 Å². The number of likely N-dealkylation sites (N-methyl/N-ethyl adjacent to an activating group) is 1. The minimum atomic E-state index is 0.0419. The van der Waals surface area contributed by atoms with Crippen LogP contribution in [0.1, 0.15) is 6.42 Å². The van der Waals surface area contributed by atoms with Gasteiger partial charge in [0.25, 0.3) is 0 Å². The van der Waals surface area contributed by atoms with Gasteiger partial charge < -0.3 is 14.5 Å². The Balaban J connectivity index is 3.22. The van der Waals surface area contributed by atoms with Crippen molar-refractivity contribution < 1.29 is 14.0 Å². The Kier molecular flexibility index (Phi) is 7.82. The fraction of sp³-hybridized carbons (Fsp3) is 0.900. The topological polar surface area (TPSA) is 38.3 Å². The molecule has 0 saturated carbocycles. The number of hydrogen-bond donors (Lipinski definition) is 2. The van der Waals surface area contributed by atoms with Gasteiger partial charge in [-0.1, -0.05) is 0 Å². The van der Waals surface area contributed by atoms with Crippen LogP contribution in [0.2, 0.25) is 0 Å². The molecule has 0 fully saturated rings. The Labute approximate surface area is 98.0 Å². The largest absolute Gasteiger partial charge is 0.374 e. The molecule has 0 unspecified atom stereocenters. The molecule has 0 spiro atoms. The number of quaternary nitrogens is 1. The van der Waals surface area contributed by atoms with Gasteiger partial charge in [-0.2, -0.15) is 12.6 Å². The Bertz CT molecular complexity index is 181. The van der Waals surface area contributed by atoms with Crippen LogP contribution in [0.3, 0.4) is 0 Å². The molecule has 0 aliphatic heterocycles. The summed E-state index contributed by atoms with van der Waals surface area (Å²) in [6.07, 6.45) is 0.474. The Morgan fingerprint density at radius 1 is 1.33 bits per heavy atom. The van der Waals surface area contributed by atoms with Crippen LogP contribution in [0.5, 0.6) is 0 Å². The normalized spacial score (nSPS) is 11.5. The molecule has 0 saturated heterocycles. The summed E-state index contributed by atoms with van der Waals surface area (Å²) in [4.78, 5) is 11.0. The van der Waals surface area contributed by atoms with E-state index in [2.05, 4.69) is 39.1 Å². The third-order valence-corrected chi connectivity index (χ3v) is 2.04. The van der Waals surface area contributed by atoms with Crippen molar-refractivity contribution in [2.75, 3.05) is 53.2 Å². The lowest BCUT2D eigenvalue weighted by Crippen LogP contribution is -2.38. The zero-order valence-corrected chi connectivity index (χ0v) is 10.8. The third-order valence-electron chi connectivity index (χ3n) is 1.81. The molecule has 0 bridgehead atoms. The first-order valence-electron chi connectivity index (χ1n) is 5.21. The highest BCUT2D eigenvalue weighted by molar-refractivity contribution is 7.80. The first kappa shape index (κ1) is 14.7. The molecule has 0 rings (SSSR count). The zero-order valence-electron chi connectivity index (χ0n) is 9.95. The first-order valence-corrected chi connectivity index (χ1v) is 5.85. The molecule has 4 nitrogen and oxygen atoms in total. The minimum absolute atomic E-state index is 0.0419. The average Bonchev–Trinajstić information content (AvgIpc) is 2.09. The molecule has 1 N–H and O–H groups in total. The summed E-state index contributed by atoms with van der Waals surface area (Å²) in [7, 11) is 6.37. The van der Waals surface area contributed by atoms with E-state index in [0.717, 1.165) is 17.6 Å². The smallest absolute Gasteiger partial charge is 0.220 e. The van der Waals surface area contributed by atoms with Crippen molar-refractivity contribution >= 4 is 18.5 Å². The summed E-state index contributed by atoms with van der Waals surface area (Å²) >= 11 is 3.98. The van der Waals surface area contributed by atoms with Crippen LogP contribution in [0.15, 0.2) is 0 Å². The molecule has 1 amide bonds. The lowest BCUT2D eigenvalue weighted by Gasteiger charge is -2.23. The maximum atomic E-state index is 11.0. The molecular weight excluding hydrogens is 212 g/mol. The number of ether oxygens (including phenoxy) is 1. The molecule has 0 aliphatic rings. The Morgan fingerprint density at radius 3 is 2.53 bits per heavy atom. The molecule has 5 heteroatoms. The second kappa shape index (κ2) is 7.96. The summed E-state index contributed by atoms with van der Waals surface area (Å²) in [5.74, 6) is 0.633. The molecule has 0 aliphatic carbocycles. The van der Waals surface area contributed by atoms with Crippen molar-refractivity contribution in [2.24, 2.45) is 0 Å². The van der Waals surface area contributed by atoms with E-state index in [0.29, 0.717) is 25.3 Å². The standard InChI is InChI=1S/C10H22N2O2S/c1-12(2,3)6-8-14-7-5-11-10(13)4-9-15/h4-9H2,1-3H3,(H-,11,13,15)/p+1. The SMILES string of the molecule is C[N+](C)(C)CCOCCNC(=O)CCS. The number of amides is 1. The van der Waals surface area contributed by atoms with Crippen LogP contribution in [-0.2, 0) is 9.53 Å². The predicted molar refractivity (Wildman–Crippen MR) is 65.2 cm³/mol. The molecule has 15 heavy (non-hydrogen) atoms. The van der Waals surface area contributed by atoms with E-state index < -0.39 is 0 Å². The van der Waals surface area contributed by atoms with Gasteiger partial charge in [0.2, 0.25) is 5.91 Å². The summed E-state index contributed by atoms with van der Waals surface area (Å²) in [6, 6.07) is 0. The number of carbonyl (C=O) groups excluding carboxylic acids is 1. The van der Waals surface area contributed by atoms with Crippen LogP contribution in [-0.4, -0.2) is 63.6 Å². The van der Waals surface area contributed by atoms with E-state index in [9.17, 15) is 4.79 Å². The summed E-state index contributed by atoms with van der Waals surface area (Å²) in [6.45, 7) is 2.87. The van der Waals surface area contributed by atoms with Crippen LogP contribution in [0, 0.1) is 0 Å². The fourth-order valence-corrected chi connectivity index (χ4v) is 1.10. The maximum absolute atomic E-state index is 11.0. The highest BCUT2D eigenvalue weighted by Crippen LogP contribution is 1.89. The van der Waals surface area contributed by atoms with Gasteiger partial charge >= 0.3 is 0 Å². The van der Waals surface area contributed by atoms with Crippen molar-refractivity contribution in [1.82, 2.24) is 5.32 Å². The van der Waals surface area contributed by atoms with Crippen molar-refractivity contribution in [3.05, 3.63) is 0 Å². The minimum Gasteiger partial charge on any atom is -0.374 e. The molecule has 0 atom stereocenters. The predicted octanol–water partition coefficient (Wildman–Crippen LogP) is 0.145. The highest BCUT2D eigenvalue weighted by Gasteiger charge is 2.05. The van der Waals surface area contributed by atoms with Gasteiger partial charge in [0.1, 0.15) is 6.54 Å². The van der Waals surface area contributed by atoms with Gasteiger partial charge in [-0.05, 0) is 5.75 Å². The lowest BCUT2D eigenvalue weighted by molar-refractivity contribution is -0.870. The van der Waals surface area contributed by atoms with Gasteiger partial charge in [0, 0.05) is 13.0 Å². The average molecular weight is 235 g/mol. The van der Waals surface area contributed by atoms with E-state index in [-0.39, 0.29) is 5.91 Å². The Hall–Kier alpha value is -0.260. The number of rotatable bonds is 8. The third kappa shape index (κ3) is 11.7. The Morgan fingerprint density at radius 2 is 2.00 bits per heavy atom. The van der Waals surface area contributed by atoms with E-state index in [1.54, 1.807) is 0 Å². The van der Waals surface area contributed by atoms with Crippen molar-refractivity contribution in [3.63, 3.8) is 0 Å². The molecule has 0 aromatic rings.